The summed E-state index contributed by atoms with van der Waals surface area (Å²) in [4.78, 5) is 9.51. The zero-order valence-electron chi connectivity index (χ0n) is 10.4. The molecule has 92 valence electrons. The molecule has 1 heterocycles. The van der Waals surface area contributed by atoms with Crippen molar-refractivity contribution in [1.29, 1.82) is 0 Å². The van der Waals surface area contributed by atoms with Gasteiger partial charge >= 0.3 is 0 Å². The Bertz CT molecular complexity index is 527. The molecule has 5 heteroatoms. The van der Waals surface area contributed by atoms with Crippen LogP contribution in [0.2, 0.25) is 0 Å². The molecule has 0 unspecified atom stereocenters. The van der Waals surface area contributed by atoms with Crippen molar-refractivity contribution in [2.24, 2.45) is 0 Å². The number of hydrogen-bond acceptors (Lipinski definition) is 4. The normalized spacial score (nSPS) is 12.0. The van der Waals surface area contributed by atoms with Gasteiger partial charge in [0.2, 0.25) is 5.95 Å². The third-order valence-corrected chi connectivity index (χ3v) is 2.48. The topological polar surface area (TPSA) is 78.2 Å². The molecule has 0 aliphatic rings. The molecule has 0 fully saturated rings. The smallest absolute Gasteiger partial charge is 0.203 e. The first kappa shape index (κ1) is 11.7. The summed E-state index contributed by atoms with van der Waals surface area (Å²) < 4.78 is 0. The zero-order chi connectivity index (χ0) is 12.6. The maximum atomic E-state index is 9.77. The molecule has 0 atom stereocenters. The second-order valence-corrected chi connectivity index (χ2v) is 5.01. The van der Waals surface area contributed by atoms with Crippen molar-refractivity contribution in [2.75, 3.05) is 24.2 Å². The molecule has 17 heavy (non-hydrogen) atoms. The molecule has 0 spiro atoms. The summed E-state index contributed by atoms with van der Waals surface area (Å²) in [5, 5.41) is 9.77. The van der Waals surface area contributed by atoms with Crippen LogP contribution in [-0.4, -0.2) is 34.3 Å². The van der Waals surface area contributed by atoms with Gasteiger partial charge in [-0.2, -0.15) is 0 Å². The van der Waals surface area contributed by atoms with Gasteiger partial charge in [0.05, 0.1) is 16.6 Å². The number of likely N-dealkylation sites (N-methyl/N-ethyl adjacent to an activating group) is 1. The number of rotatable bonds is 3. The Kier molecular flexibility index (Phi) is 2.71. The van der Waals surface area contributed by atoms with E-state index in [4.69, 9.17) is 5.73 Å². The predicted molar refractivity (Wildman–Crippen MR) is 70.1 cm³/mol. The summed E-state index contributed by atoms with van der Waals surface area (Å²) in [7, 11) is 1.89. The first-order valence-electron chi connectivity index (χ1n) is 5.54. The second-order valence-electron chi connectivity index (χ2n) is 5.01. The molecule has 0 saturated heterocycles. The molecule has 1 aromatic carbocycles. The fourth-order valence-corrected chi connectivity index (χ4v) is 1.85. The van der Waals surface area contributed by atoms with Crippen LogP contribution in [-0.2, 0) is 0 Å². The Morgan fingerprint density at radius 3 is 2.82 bits per heavy atom. The number of aliphatic hydroxyl groups is 1. The van der Waals surface area contributed by atoms with E-state index in [0.29, 0.717) is 12.2 Å². The summed E-state index contributed by atoms with van der Waals surface area (Å²) in [6, 6.07) is 5.55. The second kappa shape index (κ2) is 3.92. The summed E-state index contributed by atoms with van der Waals surface area (Å²) in [5.41, 5.74) is 7.44. The molecular formula is C12H18N4O. The Balaban J connectivity index is 2.30. The van der Waals surface area contributed by atoms with Crippen molar-refractivity contribution in [3.8, 4) is 0 Å². The van der Waals surface area contributed by atoms with E-state index in [1.807, 2.05) is 30.1 Å². The van der Waals surface area contributed by atoms with Crippen LogP contribution in [0.25, 0.3) is 11.0 Å². The van der Waals surface area contributed by atoms with E-state index in [1.165, 1.54) is 0 Å². The first-order chi connectivity index (χ1) is 7.85. The number of H-pyrrole nitrogens is 1. The largest absolute Gasteiger partial charge is 0.399 e. The van der Waals surface area contributed by atoms with Crippen LogP contribution in [0.3, 0.4) is 0 Å². The van der Waals surface area contributed by atoms with Crippen LogP contribution in [0.1, 0.15) is 13.8 Å². The average Bonchev–Trinajstić information content (AvgIpc) is 2.57. The van der Waals surface area contributed by atoms with Gasteiger partial charge in [-0.3, -0.25) is 0 Å². The van der Waals surface area contributed by atoms with Crippen molar-refractivity contribution in [3.63, 3.8) is 0 Å². The van der Waals surface area contributed by atoms with Crippen molar-refractivity contribution in [2.45, 2.75) is 19.4 Å². The van der Waals surface area contributed by atoms with Crippen LogP contribution in [0.15, 0.2) is 18.2 Å². The van der Waals surface area contributed by atoms with Gasteiger partial charge in [0.15, 0.2) is 0 Å². The van der Waals surface area contributed by atoms with E-state index >= 15 is 0 Å². The summed E-state index contributed by atoms with van der Waals surface area (Å²) >= 11 is 0. The van der Waals surface area contributed by atoms with Crippen molar-refractivity contribution < 1.29 is 5.11 Å². The maximum Gasteiger partial charge on any atom is 0.203 e. The highest BCUT2D eigenvalue weighted by Crippen LogP contribution is 2.19. The highest BCUT2D eigenvalue weighted by Gasteiger charge is 2.17. The predicted octanol–water partition coefficient (Wildman–Crippen LogP) is 1.35. The minimum atomic E-state index is -0.757. The summed E-state index contributed by atoms with van der Waals surface area (Å²) in [6.45, 7) is 4.04. The minimum absolute atomic E-state index is 0.502. The van der Waals surface area contributed by atoms with Crippen molar-refractivity contribution in [3.05, 3.63) is 18.2 Å². The quantitative estimate of drug-likeness (QED) is 0.700. The molecule has 1 aromatic heterocycles. The molecule has 0 aliphatic heterocycles. The van der Waals surface area contributed by atoms with E-state index < -0.39 is 5.60 Å². The van der Waals surface area contributed by atoms with Gasteiger partial charge in [0.25, 0.3) is 0 Å². The first-order valence-corrected chi connectivity index (χ1v) is 5.54. The third kappa shape index (κ3) is 2.68. The standard InChI is InChI=1S/C12H18N4O/c1-12(2,17)7-16(3)11-14-9-5-4-8(13)6-10(9)15-11/h4-6,17H,7,13H2,1-3H3,(H,14,15). The lowest BCUT2D eigenvalue weighted by atomic mass is 10.1. The third-order valence-electron chi connectivity index (χ3n) is 2.48. The van der Waals surface area contributed by atoms with Crippen LogP contribution in [0, 0.1) is 0 Å². The number of hydrogen-bond donors (Lipinski definition) is 3. The lowest BCUT2D eigenvalue weighted by Gasteiger charge is -2.24. The van der Waals surface area contributed by atoms with Crippen LogP contribution >= 0.6 is 0 Å². The van der Waals surface area contributed by atoms with Gasteiger partial charge < -0.3 is 20.7 Å². The summed E-state index contributed by atoms with van der Waals surface area (Å²) in [5.74, 6) is 0.729. The highest BCUT2D eigenvalue weighted by molar-refractivity contribution is 5.80. The number of nitrogen functional groups attached to an aromatic ring is 1. The number of aromatic nitrogens is 2. The van der Waals surface area contributed by atoms with Gasteiger partial charge in [-0.25, -0.2) is 4.98 Å². The SMILES string of the molecule is CN(CC(C)(C)O)c1nc2ccc(N)cc2[nH]1. The van der Waals surface area contributed by atoms with E-state index in [1.54, 1.807) is 13.8 Å². The fraction of sp³-hybridized carbons (Fsp3) is 0.417. The molecule has 0 bridgehead atoms. The average molecular weight is 234 g/mol. The Morgan fingerprint density at radius 2 is 2.18 bits per heavy atom. The number of anilines is 2. The molecule has 0 saturated carbocycles. The van der Waals surface area contributed by atoms with Gasteiger partial charge in [-0.05, 0) is 32.0 Å². The number of benzene rings is 1. The lowest BCUT2D eigenvalue weighted by Crippen LogP contribution is -2.36. The monoisotopic (exact) mass is 234 g/mol. The van der Waals surface area contributed by atoms with Crippen LogP contribution in [0.5, 0.6) is 0 Å². The molecule has 2 rings (SSSR count). The van der Waals surface area contributed by atoms with Crippen LogP contribution in [0.4, 0.5) is 11.6 Å². The Morgan fingerprint density at radius 1 is 1.47 bits per heavy atom. The number of nitrogens with one attached hydrogen (secondary N) is 1. The van der Waals surface area contributed by atoms with Gasteiger partial charge in [-0.15, -0.1) is 0 Å². The molecule has 0 radical (unpaired) electrons. The van der Waals surface area contributed by atoms with Gasteiger partial charge in [0.1, 0.15) is 0 Å². The number of imidazole rings is 1. The molecule has 4 N–H and O–H groups in total. The number of nitrogens with zero attached hydrogens (tertiary/aromatic N) is 2. The van der Waals surface area contributed by atoms with E-state index in [2.05, 4.69) is 9.97 Å². The van der Waals surface area contributed by atoms with E-state index in [-0.39, 0.29) is 0 Å². The van der Waals surface area contributed by atoms with E-state index in [9.17, 15) is 5.11 Å². The highest BCUT2D eigenvalue weighted by atomic mass is 16.3. The fourth-order valence-electron chi connectivity index (χ4n) is 1.85. The van der Waals surface area contributed by atoms with Gasteiger partial charge in [-0.1, -0.05) is 0 Å². The molecule has 0 aliphatic carbocycles. The minimum Gasteiger partial charge on any atom is -0.399 e. The van der Waals surface area contributed by atoms with Crippen molar-refractivity contribution >= 4 is 22.7 Å². The number of nitrogens with two attached hydrogens (primary N) is 1. The van der Waals surface area contributed by atoms with Crippen LogP contribution < -0.4 is 10.6 Å². The number of aromatic amines is 1. The van der Waals surface area contributed by atoms with E-state index in [0.717, 1.165) is 17.0 Å². The molecule has 5 nitrogen and oxygen atoms in total. The Hall–Kier alpha value is -1.75. The lowest BCUT2D eigenvalue weighted by molar-refractivity contribution is 0.0883. The van der Waals surface area contributed by atoms with Gasteiger partial charge in [0, 0.05) is 19.3 Å². The summed E-state index contributed by atoms with van der Waals surface area (Å²) in [6.07, 6.45) is 0. The zero-order valence-corrected chi connectivity index (χ0v) is 10.4. The molecule has 0 amide bonds. The molecule has 2 aromatic rings. The van der Waals surface area contributed by atoms with Crippen molar-refractivity contribution in [1.82, 2.24) is 9.97 Å². The number of fused-ring (bicyclic) bond motifs is 1. The maximum absolute atomic E-state index is 9.77. The Labute approximate surface area is 100 Å². The molecular weight excluding hydrogens is 216 g/mol.